The number of hydrogen-bond donors (Lipinski definition) is 0. The summed E-state index contributed by atoms with van der Waals surface area (Å²) in [6.45, 7) is 2.26. The second-order valence-electron chi connectivity index (χ2n) is 16.3. The number of aromatic nitrogens is 3. The molecule has 6 aromatic carbocycles. The van der Waals surface area contributed by atoms with Gasteiger partial charge in [0.05, 0.1) is 22.2 Å². The van der Waals surface area contributed by atoms with E-state index in [9.17, 15) is 0 Å². The Bertz CT molecular complexity index is 2740. The molecule has 52 heavy (non-hydrogen) atoms. The fraction of sp³-hybridized carbons (Fsp3) is 0.224. The minimum absolute atomic E-state index is 0.195. The lowest BCUT2D eigenvalue weighted by Crippen LogP contribution is -2.55. The molecule has 3 nitrogen and oxygen atoms in total. The minimum Gasteiger partial charge on any atom is -0.278 e. The van der Waals surface area contributed by atoms with E-state index in [0.717, 1.165) is 56.9 Å². The van der Waals surface area contributed by atoms with Crippen molar-refractivity contribution in [3.8, 4) is 39.5 Å². The molecule has 0 radical (unpaired) electrons. The molecule has 8 aromatic rings. The van der Waals surface area contributed by atoms with Gasteiger partial charge < -0.3 is 0 Å². The van der Waals surface area contributed by atoms with Gasteiger partial charge in [0.15, 0.2) is 0 Å². The van der Waals surface area contributed by atoms with E-state index in [4.69, 9.17) is 9.97 Å². The van der Waals surface area contributed by atoms with Gasteiger partial charge in [-0.05, 0) is 126 Å². The van der Waals surface area contributed by atoms with Crippen molar-refractivity contribution in [3.63, 3.8) is 0 Å². The summed E-state index contributed by atoms with van der Waals surface area (Å²) in [4.78, 5) is 10.5. The Morgan fingerprint density at radius 1 is 0.519 bits per heavy atom. The zero-order valence-electron chi connectivity index (χ0n) is 29.4. The summed E-state index contributed by atoms with van der Waals surface area (Å²) in [6, 6.07) is 49.5. The van der Waals surface area contributed by atoms with Gasteiger partial charge in [-0.1, -0.05) is 109 Å². The lowest BCUT2D eigenvalue weighted by molar-refractivity contribution is -0.0399. The van der Waals surface area contributed by atoms with Crippen molar-refractivity contribution in [2.24, 2.45) is 23.7 Å². The Labute approximate surface area is 304 Å². The van der Waals surface area contributed by atoms with E-state index < -0.39 is 0 Å². The standard InChI is InChI=1S/C49H39N3/c1-29-15-18-42-39(21-29)40-27-33(16-19-43(40)49(42)35-23-30-22-31(25-35)26-36(49)24-30)34-17-20-46-41(28-34)37-11-6-8-14-45(37)52(46)48-50-44-13-7-5-12-38(44)47(51-48)32-9-3-2-4-10-32/h2-21,27-28,30-31,35-36H,22-26H2,1H3. The van der Waals surface area contributed by atoms with Crippen LogP contribution in [-0.2, 0) is 5.41 Å². The number of aryl methyl sites for hydroxylation is 1. The Morgan fingerprint density at radius 3 is 1.96 bits per heavy atom. The van der Waals surface area contributed by atoms with Gasteiger partial charge in [-0.3, -0.25) is 4.57 Å². The van der Waals surface area contributed by atoms with Crippen LogP contribution in [0.1, 0.15) is 48.8 Å². The number of para-hydroxylation sites is 2. The SMILES string of the molecule is Cc1ccc2c(c1)-c1cc(-c3ccc4c(c3)c3ccccc3n4-c3nc(-c4ccccc4)c4ccccc4n3)ccc1C21C2CC3CC(C2)CC1C3. The molecule has 3 heteroatoms. The van der Waals surface area contributed by atoms with Crippen LogP contribution >= 0.6 is 0 Å². The van der Waals surface area contributed by atoms with Crippen LogP contribution in [0.3, 0.4) is 0 Å². The molecule has 250 valence electrons. The third-order valence-electron chi connectivity index (χ3n) is 13.6. The molecule has 0 amide bonds. The molecule has 0 aliphatic heterocycles. The van der Waals surface area contributed by atoms with Gasteiger partial charge in [-0.2, -0.15) is 0 Å². The zero-order chi connectivity index (χ0) is 34.1. The molecule has 4 fully saturated rings. The Morgan fingerprint density at radius 2 is 1.15 bits per heavy atom. The molecule has 13 rings (SSSR count). The number of hydrogen-bond acceptors (Lipinski definition) is 2. The van der Waals surface area contributed by atoms with Gasteiger partial charge in [-0.15, -0.1) is 0 Å². The summed E-state index contributed by atoms with van der Waals surface area (Å²) in [7, 11) is 0. The van der Waals surface area contributed by atoms with Crippen LogP contribution in [0.25, 0.3) is 72.2 Å². The first kappa shape index (κ1) is 29.1. The van der Waals surface area contributed by atoms with E-state index >= 15 is 0 Å². The molecule has 0 unspecified atom stereocenters. The third kappa shape index (κ3) is 3.86. The Kier molecular flexibility index (Phi) is 5.88. The fourth-order valence-electron chi connectivity index (χ4n) is 11.8. The predicted molar refractivity (Wildman–Crippen MR) is 213 cm³/mol. The number of fused-ring (bicyclic) bond motifs is 7. The Balaban J connectivity index is 1.04. The summed E-state index contributed by atoms with van der Waals surface area (Å²) >= 11 is 0. The van der Waals surface area contributed by atoms with E-state index in [-0.39, 0.29) is 5.41 Å². The second-order valence-corrected chi connectivity index (χ2v) is 16.3. The molecule has 5 aliphatic rings. The lowest BCUT2D eigenvalue weighted by Gasteiger charge is -2.61. The van der Waals surface area contributed by atoms with Crippen LogP contribution in [0.4, 0.5) is 0 Å². The highest BCUT2D eigenvalue weighted by molar-refractivity contribution is 6.10. The highest BCUT2D eigenvalue weighted by atomic mass is 15.2. The van der Waals surface area contributed by atoms with Crippen molar-refractivity contribution < 1.29 is 0 Å². The van der Waals surface area contributed by atoms with Gasteiger partial charge in [0.1, 0.15) is 0 Å². The monoisotopic (exact) mass is 669 g/mol. The van der Waals surface area contributed by atoms with Crippen molar-refractivity contribution in [1.82, 2.24) is 14.5 Å². The van der Waals surface area contributed by atoms with Crippen molar-refractivity contribution >= 4 is 32.7 Å². The topological polar surface area (TPSA) is 30.7 Å². The molecule has 1 spiro atoms. The molecular weight excluding hydrogens is 631 g/mol. The maximum atomic E-state index is 5.29. The van der Waals surface area contributed by atoms with Crippen molar-refractivity contribution in [2.75, 3.05) is 0 Å². The Hall–Kier alpha value is -5.54. The van der Waals surface area contributed by atoms with Crippen LogP contribution in [0.2, 0.25) is 0 Å². The van der Waals surface area contributed by atoms with E-state index in [1.165, 1.54) is 70.7 Å². The van der Waals surface area contributed by atoms with Crippen LogP contribution in [0, 0.1) is 30.6 Å². The quantitative estimate of drug-likeness (QED) is 0.187. The number of benzene rings is 6. The summed E-state index contributed by atoms with van der Waals surface area (Å²) in [6.07, 6.45) is 7.13. The summed E-state index contributed by atoms with van der Waals surface area (Å²) in [5.74, 6) is 4.15. The van der Waals surface area contributed by atoms with Crippen LogP contribution in [0.5, 0.6) is 0 Å². The maximum absolute atomic E-state index is 5.29. The molecule has 2 aromatic heterocycles. The number of nitrogens with zero attached hydrogens (tertiary/aromatic N) is 3. The molecule has 2 heterocycles. The van der Waals surface area contributed by atoms with Crippen molar-refractivity contribution in [1.29, 1.82) is 0 Å². The zero-order valence-corrected chi connectivity index (χ0v) is 29.4. The van der Waals surface area contributed by atoms with Gasteiger partial charge in [0.2, 0.25) is 5.95 Å². The first-order valence-electron chi connectivity index (χ1n) is 19.3. The predicted octanol–water partition coefficient (Wildman–Crippen LogP) is 12.1. The fourth-order valence-corrected chi connectivity index (χ4v) is 11.8. The van der Waals surface area contributed by atoms with Crippen LogP contribution < -0.4 is 0 Å². The van der Waals surface area contributed by atoms with Crippen LogP contribution in [0.15, 0.2) is 133 Å². The van der Waals surface area contributed by atoms with E-state index in [1.54, 1.807) is 11.1 Å². The highest BCUT2D eigenvalue weighted by Crippen LogP contribution is 2.69. The van der Waals surface area contributed by atoms with E-state index in [0.29, 0.717) is 5.95 Å². The largest absolute Gasteiger partial charge is 0.278 e. The molecule has 4 saturated carbocycles. The first-order valence-corrected chi connectivity index (χ1v) is 19.3. The average molecular weight is 670 g/mol. The van der Waals surface area contributed by atoms with Crippen LogP contribution in [-0.4, -0.2) is 14.5 Å². The van der Waals surface area contributed by atoms with Gasteiger partial charge in [-0.25, -0.2) is 9.97 Å². The molecule has 0 N–H and O–H groups in total. The second kappa shape index (κ2) is 10.5. The first-order chi connectivity index (χ1) is 25.6. The minimum atomic E-state index is 0.195. The van der Waals surface area contributed by atoms with Gasteiger partial charge in [0, 0.05) is 27.1 Å². The summed E-state index contributed by atoms with van der Waals surface area (Å²) in [5, 5.41) is 3.50. The summed E-state index contributed by atoms with van der Waals surface area (Å²) in [5.41, 5.74) is 15.5. The molecule has 4 bridgehead atoms. The average Bonchev–Trinajstić information content (AvgIpc) is 3.66. The van der Waals surface area contributed by atoms with E-state index in [1.807, 2.05) is 0 Å². The third-order valence-corrected chi connectivity index (χ3v) is 13.6. The van der Waals surface area contributed by atoms with Gasteiger partial charge >= 0.3 is 0 Å². The molecule has 5 aliphatic carbocycles. The van der Waals surface area contributed by atoms with Gasteiger partial charge in [0.25, 0.3) is 0 Å². The highest BCUT2D eigenvalue weighted by Gasteiger charge is 2.61. The summed E-state index contributed by atoms with van der Waals surface area (Å²) < 4.78 is 2.26. The smallest absolute Gasteiger partial charge is 0.235 e. The normalized spacial score (nSPS) is 23.9. The molecule has 0 saturated heterocycles. The molecule has 0 atom stereocenters. The maximum Gasteiger partial charge on any atom is 0.235 e. The lowest BCUT2D eigenvalue weighted by atomic mass is 9.43. The number of rotatable bonds is 3. The molecular formula is C49H39N3. The van der Waals surface area contributed by atoms with Crippen molar-refractivity contribution in [2.45, 2.75) is 44.4 Å². The van der Waals surface area contributed by atoms with Crippen molar-refractivity contribution in [3.05, 3.63) is 150 Å². The van der Waals surface area contributed by atoms with E-state index in [2.05, 4.69) is 145 Å².